The molecule has 5 nitrogen and oxygen atoms in total. The molecule has 1 aliphatic rings. The molecular formula is C14H25NO4S. The molecule has 1 fully saturated rings. The summed E-state index contributed by atoms with van der Waals surface area (Å²) in [5.41, 5.74) is 0. The molecule has 0 aromatic carbocycles. The summed E-state index contributed by atoms with van der Waals surface area (Å²) in [5, 5.41) is -1.14. The van der Waals surface area contributed by atoms with Crippen LogP contribution in [-0.2, 0) is 19.4 Å². The Morgan fingerprint density at radius 2 is 1.85 bits per heavy atom. The van der Waals surface area contributed by atoms with E-state index in [0.717, 1.165) is 25.9 Å². The van der Waals surface area contributed by atoms with Crippen molar-refractivity contribution in [3.8, 4) is 0 Å². The molecule has 0 aromatic rings. The van der Waals surface area contributed by atoms with E-state index in [2.05, 4.69) is 0 Å². The minimum absolute atomic E-state index is 0.190. The van der Waals surface area contributed by atoms with Gasteiger partial charge < -0.3 is 9.64 Å². The summed E-state index contributed by atoms with van der Waals surface area (Å²) in [4.78, 5) is 14.0. The maximum Gasteiger partial charge on any atom is 0.324 e. The molecule has 0 amide bonds. The van der Waals surface area contributed by atoms with Gasteiger partial charge in [-0.2, -0.15) is 0 Å². The zero-order valence-electron chi connectivity index (χ0n) is 12.6. The first-order chi connectivity index (χ1) is 9.43. The van der Waals surface area contributed by atoms with Crippen LogP contribution in [0.2, 0.25) is 0 Å². The van der Waals surface area contributed by atoms with Crippen LogP contribution >= 0.6 is 0 Å². The summed E-state index contributed by atoms with van der Waals surface area (Å²) < 4.78 is 29.7. The van der Waals surface area contributed by atoms with Crippen molar-refractivity contribution in [3.63, 3.8) is 0 Å². The number of nitrogens with zero attached hydrogens (tertiary/aromatic N) is 1. The number of hydrogen-bond donors (Lipinski definition) is 0. The minimum atomic E-state index is -3.63. The largest absolute Gasteiger partial charge is 0.465 e. The normalized spacial score (nSPS) is 18.8. The number of allylic oxidation sites excluding steroid dienone is 1. The van der Waals surface area contributed by atoms with E-state index in [-0.39, 0.29) is 6.61 Å². The second-order valence-corrected chi connectivity index (χ2v) is 7.31. The van der Waals surface area contributed by atoms with Crippen molar-refractivity contribution in [2.75, 3.05) is 19.7 Å². The highest BCUT2D eigenvalue weighted by atomic mass is 32.2. The third-order valence-electron chi connectivity index (χ3n) is 3.52. The smallest absolute Gasteiger partial charge is 0.324 e. The molecule has 0 radical (unpaired) electrons. The topological polar surface area (TPSA) is 63.7 Å². The van der Waals surface area contributed by atoms with Crippen LogP contribution < -0.4 is 0 Å². The Kier molecular flexibility index (Phi) is 6.52. The Labute approximate surface area is 121 Å². The molecule has 1 aliphatic heterocycles. The van der Waals surface area contributed by atoms with Crippen molar-refractivity contribution in [2.24, 2.45) is 0 Å². The molecule has 1 heterocycles. The van der Waals surface area contributed by atoms with Crippen molar-refractivity contribution in [1.82, 2.24) is 4.90 Å². The maximum absolute atomic E-state index is 12.5. The molecule has 0 saturated carbocycles. The summed E-state index contributed by atoms with van der Waals surface area (Å²) in [6.45, 7) is 6.81. The Morgan fingerprint density at radius 1 is 1.25 bits per heavy atom. The van der Waals surface area contributed by atoms with Gasteiger partial charge in [-0.1, -0.05) is 6.92 Å². The molecule has 116 valence electrons. The van der Waals surface area contributed by atoms with Gasteiger partial charge in [0.15, 0.2) is 15.1 Å². The zero-order valence-corrected chi connectivity index (χ0v) is 13.4. The first-order valence-electron chi connectivity index (χ1n) is 7.28. The number of ether oxygens (including phenoxy) is 1. The maximum atomic E-state index is 12.5. The number of esters is 1. The average molecular weight is 303 g/mol. The highest BCUT2D eigenvalue weighted by Gasteiger charge is 2.32. The van der Waals surface area contributed by atoms with Crippen molar-refractivity contribution < 1.29 is 17.9 Å². The monoisotopic (exact) mass is 303 g/mol. The van der Waals surface area contributed by atoms with E-state index < -0.39 is 21.1 Å². The first kappa shape index (κ1) is 17.0. The van der Waals surface area contributed by atoms with Gasteiger partial charge in [-0.15, -0.1) is 0 Å². The third-order valence-corrected chi connectivity index (χ3v) is 5.76. The predicted molar refractivity (Wildman–Crippen MR) is 78.8 cm³/mol. The van der Waals surface area contributed by atoms with E-state index in [1.165, 1.54) is 13.3 Å². The van der Waals surface area contributed by atoms with Crippen molar-refractivity contribution in [2.45, 2.75) is 51.7 Å². The fourth-order valence-electron chi connectivity index (χ4n) is 2.23. The number of piperidine rings is 1. The average Bonchev–Trinajstić information content (AvgIpc) is 2.45. The summed E-state index contributed by atoms with van der Waals surface area (Å²) in [7, 11) is -3.63. The summed E-state index contributed by atoms with van der Waals surface area (Å²) in [6, 6.07) is 0. The third kappa shape index (κ3) is 4.23. The van der Waals surface area contributed by atoms with Crippen LogP contribution in [0.25, 0.3) is 0 Å². The highest BCUT2D eigenvalue weighted by molar-refractivity contribution is 7.96. The van der Waals surface area contributed by atoms with Gasteiger partial charge in [-0.05, 0) is 39.5 Å². The Morgan fingerprint density at radius 3 is 2.35 bits per heavy atom. The van der Waals surface area contributed by atoms with Gasteiger partial charge in [0.25, 0.3) is 0 Å². The van der Waals surface area contributed by atoms with E-state index in [0.29, 0.717) is 11.3 Å². The molecule has 1 atom stereocenters. The molecular weight excluding hydrogens is 278 g/mol. The van der Waals surface area contributed by atoms with Crippen LogP contribution in [0.3, 0.4) is 0 Å². The summed E-state index contributed by atoms with van der Waals surface area (Å²) >= 11 is 0. The lowest BCUT2D eigenvalue weighted by Gasteiger charge is -2.26. The predicted octanol–water partition coefficient (Wildman–Crippen LogP) is 2.09. The van der Waals surface area contributed by atoms with Crippen LogP contribution in [0, 0.1) is 0 Å². The Hall–Kier alpha value is -1.04. The van der Waals surface area contributed by atoms with Crippen molar-refractivity contribution >= 4 is 15.8 Å². The second-order valence-electron chi connectivity index (χ2n) is 4.98. The Bertz CT molecular complexity index is 450. The van der Waals surface area contributed by atoms with Gasteiger partial charge in [0.1, 0.15) is 0 Å². The van der Waals surface area contributed by atoms with Crippen LogP contribution in [0.15, 0.2) is 11.1 Å². The number of rotatable bonds is 6. The molecule has 20 heavy (non-hydrogen) atoms. The second kappa shape index (κ2) is 7.67. The van der Waals surface area contributed by atoms with Gasteiger partial charge in [0, 0.05) is 19.3 Å². The van der Waals surface area contributed by atoms with Gasteiger partial charge in [0.2, 0.25) is 0 Å². The molecule has 1 rings (SSSR count). The zero-order chi connectivity index (χ0) is 15.2. The Balaban J connectivity index is 2.90. The SMILES string of the molecule is CCOC(=O)[C@@H](C)S(=O)(=O)/C(=C\N1CCCCC1)CC. The van der Waals surface area contributed by atoms with E-state index in [1.807, 2.05) is 4.90 Å². The molecule has 0 bridgehead atoms. The van der Waals surface area contributed by atoms with Crippen molar-refractivity contribution in [3.05, 3.63) is 11.1 Å². The molecule has 6 heteroatoms. The van der Waals surface area contributed by atoms with Gasteiger partial charge in [-0.3, -0.25) is 4.79 Å². The van der Waals surface area contributed by atoms with Crippen LogP contribution in [0.1, 0.15) is 46.5 Å². The van der Waals surface area contributed by atoms with E-state index >= 15 is 0 Å². The lowest BCUT2D eigenvalue weighted by atomic mass is 10.1. The van der Waals surface area contributed by atoms with E-state index in [4.69, 9.17) is 4.74 Å². The number of sulfone groups is 1. The lowest BCUT2D eigenvalue weighted by Crippen LogP contribution is -2.32. The fourth-order valence-corrected chi connectivity index (χ4v) is 3.70. The molecule has 0 unspecified atom stereocenters. The molecule has 0 spiro atoms. The summed E-state index contributed by atoms with van der Waals surface area (Å²) in [5.74, 6) is -0.675. The number of carbonyl (C=O) groups is 1. The van der Waals surface area contributed by atoms with Crippen LogP contribution in [0.4, 0.5) is 0 Å². The van der Waals surface area contributed by atoms with E-state index in [1.54, 1.807) is 20.0 Å². The van der Waals surface area contributed by atoms with Gasteiger partial charge in [-0.25, -0.2) is 8.42 Å². The lowest BCUT2D eigenvalue weighted by molar-refractivity contribution is -0.142. The number of likely N-dealkylation sites (tertiary alicyclic amines) is 1. The molecule has 0 N–H and O–H groups in total. The van der Waals surface area contributed by atoms with Crippen molar-refractivity contribution in [1.29, 1.82) is 0 Å². The quantitative estimate of drug-likeness (QED) is 0.703. The van der Waals surface area contributed by atoms with Crippen LogP contribution in [0.5, 0.6) is 0 Å². The molecule has 1 saturated heterocycles. The molecule has 0 aromatic heterocycles. The number of carbonyl (C=O) groups excluding carboxylic acids is 1. The molecule has 0 aliphatic carbocycles. The standard InChI is InChI=1S/C14H25NO4S/c1-4-13(11-15-9-7-6-8-10-15)20(17,18)12(3)14(16)19-5-2/h11-12H,4-10H2,1-3H3/b13-11-/t12-/m1/s1. The number of hydrogen-bond acceptors (Lipinski definition) is 5. The van der Waals surface area contributed by atoms with Gasteiger partial charge >= 0.3 is 5.97 Å². The first-order valence-corrected chi connectivity index (χ1v) is 8.83. The van der Waals surface area contributed by atoms with Gasteiger partial charge in [0.05, 0.1) is 11.5 Å². The minimum Gasteiger partial charge on any atom is -0.465 e. The van der Waals surface area contributed by atoms with Crippen LogP contribution in [-0.4, -0.2) is 44.2 Å². The van der Waals surface area contributed by atoms with E-state index in [9.17, 15) is 13.2 Å². The fraction of sp³-hybridized carbons (Fsp3) is 0.786. The summed E-state index contributed by atoms with van der Waals surface area (Å²) in [6.07, 6.45) is 5.46. The highest BCUT2D eigenvalue weighted by Crippen LogP contribution is 2.20.